The normalized spacial score (nSPS) is 20.8. The zero-order valence-corrected chi connectivity index (χ0v) is 10.7. The third-order valence-electron chi connectivity index (χ3n) is 3.23. The van der Waals surface area contributed by atoms with Crippen molar-refractivity contribution in [2.75, 3.05) is 26.2 Å². The molecule has 0 spiro atoms. The Bertz CT molecular complexity index is 263. The van der Waals surface area contributed by atoms with E-state index in [9.17, 15) is 18.0 Å². The van der Waals surface area contributed by atoms with Crippen LogP contribution < -0.4 is 5.32 Å². The number of hydrogen-bond donors (Lipinski definition) is 1. The highest BCUT2D eigenvalue weighted by molar-refractivity contribution is 5.76. The van der Waals surface area contributed by atoms with Crippen molar-refractivity contribution in [1.29, 1.82) is 0 Å². The van der Waals surface area contributed by atoms with Gasteiger partial charge in [-0.3, -0.25) is 4.79 Å². The molecule has 1 aliphatic heterocycles. The first-order valence-electron chi connectivity index (χ1n) is 6.47. The summed E-state index contributed by atoms with van der Waals surface area (Å²) in [6, 6.07) is 0. The molecule has 106 valence electrons. The van der Waals surface area contributed by atoms with Crippen molar-refractivity contribution in [3.63, 3.8) is 0 Å². The third-order valence-corrected chi connectivity index (χ3v) is 3.23. The molecule has 0 saturated carbocycles. The summed E-state index contributed by atoms with van der Waals surface area (Å²) in [7, 11) is 0. The molecule has 6 heteroatoms. The SMILES string of the molecule is CCN(CC1CCCNC1)C(=O)CCC(F)(F)F. The topological polar surface area (TPSA) is 32.3 Å². The fourth-order valence-corrected chi connectivity index (χ4v) is 2.21. The number of amides is 1. The number of alkyl halides is 3. The van der Waals surface area contributed by atoms with E-state index in [1.54, 1.807) is 4.90 Å². The van der Waals surface area contributed by atoms with Crippen LogP contribution in [0.1, 0.15) is 32.6 Å². The van der Waals surface area contributed by atoms with Crippen molar-refractivity contribution in [3.8, 4) is 0 Å². The number of carbonyl (C=O) groups is 1. The Morgan fingerprint density at radius 3 is 2.67 bits per heavy atom. The first-order chi connectivity index (χ1) is 8.42. The molecule has 1 atom stereocenters. The van der Waals surface area contributed by atoms with Crippen LogP contribution >= 0.6 is 0 Å². The van der Waals surface area contributed by atoms with Crippen LogP contribution in [-0.4, -0.2) is 43.2 Å². The molecule has 1 fully saturated rings. The summed E-state index contributed by atoms with van der Waals surface area (Å²) in [6.45, 7) is 4.70. The molecule has 0 aromatic rings. The van der Waals surface area contributed by atoms with E-state index in [1.807, 2.05) is 6.92 Å². The predicted octanol–water partition coefficient (Wildman–Crippen LogP) is 2.18. The summed E-state index contributed by atoms with van der Waals surface area (Å²) in [6.07, 6.45) is -3.60. The van der Waals surface area contributed by atoms with Crippen molar-refractivity contribution in [2.24, 2.45) is 5.92 Å². The Labute approximate surface area is 106 Å². The van der Waals surface area contributed by atoms with Gasteiger partial charge >= 0.3 is 6.18 Å². The molecule has 0 aromatic carbocycles. The predicted molar refractivity (Wildman–Crippen MR) is 63.1 cm³/mol. The average molecular weight is 266 g/mol. The first kappa shape index (κ1) is 15.3. The van der Waals surface area contributed by atoms with Gasteiger partial charge in [0.05, 0.1) is 6.42 Å². The Balaban J connectivity index is 2.36. The fraction of sp³-hybridized carbons (Fsp3) is 0.917. The number of piperidine rings is 1. The lowest BCUT2D eigenvalue weighted by atomic mass is 9.99. The second-order valence-electron chi connectivity index (χ2n) is 4.76. The monoisotopic (exact) mass is 266 g/mol. The van der Waals surface area contributed by atoms with Gasteiger partial charge in [0.2, 0.25) is 5.91 Å². The molecule has 0 bridgehead atoms. The molecular weight excluding hydrogens is 245 g/mol. The van der Waals surface area contributed by atoms with Crippen molar-refractivity contribution in [2.45, 2.75) is 38.8 Å². The Kier molecular flexibility index (Phi) is 5.91. The summed E-state index contributed by atoms with van der Waals surface area (Å²) in [4.78, 5) is 13.2. The van der Waals surface area contributed by atoms with E-state index < -0.39 is 19.0 Å². The molecule has 1 saturated heterocycles. The van der Waals surface area contributed by atoms with E-state index >= 15 is 0 Å². The van der Waals surface area contributed by atoms with Gasteiger partial charge in [0.25, 0.3) is 0 Å². The molecule has 0 radical (unpaired) electrons. The van der Waals surface area contributed by atoms with E-state index in [4.69, 9.17) is 0 Å². The van der Waals surface area contributed by atoms with Crippen molar-refractivity contribution in [1.82, 2.24) is 10.2 Å². The highest BCUT2D eigenvalue weighted by Crippen LogP contribution is 2.22. The molecule has 1 aliphatic rings. The molecule has 1 rings (SSSR count). The fourth-order valence-electron chi connectivity index (χ4n) is 2.21. The van der Waals surface area contributed by atoms with Crippen molar-refractivity contribution >= 4 is 5.91 Å². The van der Waals surface area contributed by atoms with Crippen LogP contribution in [0.4, 0.5) is 13.2 Å². The zero-order valence-electron chi connectivity index (χ0n) is 10.7. The van der Waals surface area contributed by atoms with E-state index in [0.717, 1.165) is 25.9 Å². The molecule has 1 N–H and O–H groups in total. The molecule has 1 amide bonds. The highest BCUT2D eigenvalue weighted by Gasteiger charge is 2.29. The summed E-state index contributed by atoms with van der Waals surface area (Å²) in [5.74, 6) is -0.0195. The maximum absolute atomic E-state index is 12.1. The van der Waals surface area contributed by atoms with Crippen LogP contribution in [0.2, 0.25) is 0 Å². The quantitative estimate of drug-likeness (QED) is 0.827. The molecule has 0 aliphatic carbocycles. The zero-order chi connectivity index (χ0) is 13.6. The lowest BCUT2D eigenvalue weighted by molar-refractivity contribution is -0.149. The second kappa shape index (κ2) is 6.97. The Hall–Kier alpha value is -0.780. The van der Waals surface area contributed by atoms with Crippen LogP contribution in [0.25, 0.3) is 0 Å². The maximum Gasteiger partial charge on any atom is 0.389 e. The van der Waals surface area contributed by atoms with Gasteiger partial charge in [-0.1, -0.05) is 0 Å². The van der Waals surface area contributed by atoms with Crippen LogP contribution in [-0.2, 0) is 4.79 Å². The second-order valence-corrected chi connectivity index (χ2v) is 4.76. The van der Waals surface area contributed by atoms with Gasteiger partial charge in [0.1, 0.15) is 0 Å². The highest BCUT2D eigenvalue weighted by atomic mass is 19.4. The minimum Gasteiger partial charge on any atom is -0.343 e. The summed E-state index contributed by atoms with van der Waals surface area (Å²) < 4.78 is 36.2. The molecule has 1 heterocycles. The van der Waals surface area contributed by atoms with E-state index in [2.05, 4.69) is 5.32 Å². The third kappa shape index (κ3) is 5.71. The van der Waals surface area contributed by atoms with Crippen LogP contribution in [0, 0.1) is 5.92 Å². The van der Waals surface area contributed by atoms with Crippen LogP contribution in [0.5, 0.6) is 0 Å². The molecular formula is C12H21F3N2O. The summed E-state index contributed by atoms with van der Waals surface area (Å²) in [5.41, 5.74) is 0. The minimum absolute atomic E-state index is 0.369. The largest absolute Gasteiger partial charge is 0.389 e. The van der Waals surface area contributed by atoms with Gasteiger partial charge in [-0.25, -0.2) is 0 Å². The number of halogens is 3. The first-order valence-corrected chi connectivity index (χ1v) is 6.47. The standard InChI is InChI=1S/C12H21F3N2O/c1-2-17(9-10-4-3-7-16-8-10)11(18)5-6-12(13,14)15/h10,16H,2-9H2,1H3. The minimum atomic E-state index is -4.25. The van der Waals surface area contributed by atoms with Crippen LogP contribution in [0.15, 0.2) is 0 Å². The van der Waals surface area contributed by atoms with Gasteiger partial charge in [0, 0.05) is 19.5 Å². The number of hydrogen-bond acceptors (Lipinski definition) is 2. The molecule has 0 aromatic heterocycles. The average Bonchev–Trinajstić information content (AvgIpc) is 2.33. The summed E-state index contributed by atoms with van der Waals surface area (Å²) >= 11 is 0. The molecule has 3 nitrogen and oxygen atoms in total. The number of nitrogens with one attached hydrogen (secondary N) is 1. The van der Waals surface area contributed by atoms with E-state index in [-0.39, 0.29) is 5.91 Å². The smallest absolute Gasteiger partial charge is 0.343 e. The number of carbonyl (C=O) groups excluding carboxylic acids is 1. The van der Waals surface area contributed by atoms with Gasteiger partial charge in [-0.2, -0.15) is 13.2 Å². The van der Waals surface area contributed by atoms with Gasteiger partial charge in [-0.15, -0.1) is 0 Å². The van der Waals surface area contributed by atoms with Crippen molar-refractivity contribution in [3.05, 3.63) is 0 Å². The lowest BCUT2D eigenvalue weighted by Gasteiger charge is -2.29. The molecule has 18 heavy (non-hydrogen) atoms. The lowest BCUT2D eigenvalue weighted by Crippen LogP contribution is -2.41. The molecule has 1 unspecified atom stereocenters. The maximum atomic E-state index is 12.1. The summed E-state index contributed by atoms with van der Waals surface area (Å²) in [5, 5.41) is 3.24. The van der Waals surface area contributed by atoms with Gasteiger partial charge in [0.15, 0.2) is 0 Å². The Morgan fingerprint density at radius 2 is 2.17 bits per heavy atom. The number of nitrogens with zero attached hydrogens (tertiary/aromatic N) is 1. The van der Waals surface area contributed by atoms with Crippen molar-refractivity contribution < 1.29 is 18.0 Å². The van der Waals surface area contributed by atoms with E-state index in [0.29, 0.717) is 19.0 Å². The van der Waals surface area contributed by atoms with Crippen LogP contribution in [0.3, 0.4) is 0 Å². The number of rotatable bonds is 5. The Morgan fingerprint density at radius 1 is 1.44 bits per heavy atom. The van der Waals surface area contributed by atoms with E-state index in [1.165, 1.54) is 0 Å². The van der Waals surface area contributed by atoms with Gasteiger partial charge in [-0.05, 0) is 38.8 Å². The van der Waals surface area contributed by atoms with Gasteiger partial charge < -0.3 is 10.2 Å².